The smallest absolute Gasteiger partial charge is 0.223 e. The second kappa shape index (κ2) is 6.14. The summed E-state index contributed by atoms with van der Waals surface area (Å²) in [6.45, 7) is 2.15. The fourth-order valence-corrected chi connectivity index (χ4v) is 2.82. The van der Waals surface area contributed by atoms with Crippen LogP contribution in [0.15, 0.2) is 0 Å². The number of amides is 1. The quantitative estimate of drug-likeness (QED) is 0.823. The molecule has 1 N–H and O–H groups in total. The topological polar surface area (TPSA) is 56.1 Å². The molecule has 0 aromatic carbocycles. The molecule has 0 aromatic heterocycles. The average molecular weight is 253 g/mol. The Morgan fingerprint density at radius 3 is 2.83 bits per heavy atom. The van der Waals surface area contributed by atoms with Gasteiger partial charge in [0.25, 0.3) is 0 Å². The Bertz CT molecular complexity index is 336. The normalized spacial score (nSPS) is 29.2. The van der Waals surface area contributed by atoms with Gasteiger partial charge in [0.2, 0.25) is 5.91 Å². The van der Waals surface area contributed by atoms with Crippen LogP contribution >= 0.6 is 0 Å². The summed E-state index contributed by atoms with van der Waals surface area (Å²) in [5, 5.41) is 12.2. The molecule has 0 saturated carbocycles. The first-order valence-corrected chi connectivity index (χ1v) is 6.74. The Kier molecular flexibility index (Phi) is 4.54. The van der Waals surface area contributed by atoms with Crippen molar-refractivity contribution >= 4 is 5.91 Å². The minimum atomic E-state index is -1.03. The van der Waals surface area contributed by atoms with Crippen molar-refractivity contribution in [1.82, 2.24) is 10.2 Å². The number of rotatable bonds is 3. The lowest BCUT2D eigenvalue weighted by Crippen LogP contribution is -2.35. The second-order valence-electron chi connectivity index (χ2n) is 5.26. The number of hydrogen-bond donors (Lipinski definition) is 1. The number of nitrogens with one attached hydrogen (secondary N) is 1. The van der Waals surface area contributed by atoms with E-state index in [0.29, 0.717) is 12.3 Å². The zero-order valence-corrected chi connectivity index (χ0v) is 10.6. The molecule has 0 radical (unpaired) electrons. The van der Waals surface area contributed by atoms with Crippen molar-refractivity contribution in [3.8, 4) is 6.07 Å². The summed E-state index contributed by atoms with van der Waals surface area (Å²) in [6.07, 6.45) is 2.69. The maximum absolute atomic E-state index is 13.2. The van der Waals surface area contributed by atoms with Gasteiger partial charge in [0.15, 0.2) is 0 Å². The van der Waals surface area contributed by atoms with Gasteiger partial charge in [-0.1, -0.05) is 0 Å². The van der Waals surface area contributed by atoms with Crippen molar-refractivity contribution in [2.75, 3.05) is 19.6 Å². The van der Waals surface area contributed by atoms with E-state index >= 15 is 0 Å². The van der Waals surface area contributed by atoms with Crippen LogP contribution in [-0.4, -0.2) is 42.7 Å². The highest BCUT2D eigenvalue weighted by atomic mass is 19.1. The lowest BCUT2D eigenvalue weighted by Gasteiger charge is -2.24. The van der Waals surface area contributed by atoms with Gasteiger partial charge in [-0.25, -0.2) is 4.39 Å². The van der Waals surface area contributed by atoms with Gasteiger partial charge in [0, 0.05) is 12.8 Å². The van der Waals surface area contributed by atoms with Crippen molar-refractivity contribution in [3.63, 3.8) is 0 Å². The molecule has 2 aliphatic rings. The van der Waals surface area contributed by atoms with Gasteiger partial charge in [-0.15, -0.1) is 0 Å². The van der Waals surface area contributed by atoms with Crippen LogP contribution in [0.25, 0.3) is 0 Å². The van der Waals surface area contributed by atoms with E-state index in [1.165, 1.54) is 4.90 Å². The zero-order valence-electron chi connectivity index (χ0n) is 10.6. The van der Waals surface area contributed by atoms with E-state index in [-0.39, 0.29) is 18.9 Å². The number of carbonyl (C=O) groups excluding carboxylic acids is 1. The molecular formula is C13H20FN3O. The molecule has 4 nitrogen and oxygen atoms in total. The number of halogens is 1. The summed E-state index contributed by atoms with van der Waals surface area (Å²) in [5.74, 6) is 0.541. The van der Waals surface area contributed by atoms with Crippen LogP contribution in [0.1, 0.15) is 32.1 Å². The predicted molar refractivity (Wildman–Crippen MR) is 65.5 cm³/mol. The van der Waals surface area contributed by atoms with E-state index in [2.05, 4.69) is 5.32 Å². The molecule has 2 heterocycles. The largest absolute Gasteiger partial charge is 0.324 e. The molecule has 2 saturated heterocycles. The molecule has 100 valence electrons. The lowest BCUT2D eigenvalue weighted by molar-refractivity contribution is -0.131. The van der Waals surface area contributed by atoms with Crippen LogP contribution in [0.4, 0.5) is 4.39 Å². The summed E-state index contributed by atoms with van der Waals surface area (Å²) < 4.78 is 13.2. The fourth-order valence-electron chi connectivity index (χ4n) is 2.82. The van der Waals surface area contributed by atoms with Crippen LogP contribution < -0.4 is 5.32 Å². The zero-order chi connectivity index (χ0) is 13.0. The third-order valence-corrected chi connectivity index (χ3v) is 3.94. The Hall–Kier alpha value is -1.15. The van der Waals surface area contributed by atoms with Crippen molar-refractivity contribution < 1.29 is 9.18 Å². The molecular weight excluding hydrogens is 233 g/mol. The summed E-state index contributed by atoms with van der Waals surface area (Å²) in [6, 6.07) is 1.46. The fraction of sp³-hybridized carbons (Fsp3) is 0.846. The Balaban J connectivity index is 1.78. The molecule has 0 spiro atoms. The van der Waals surface area contributed by atoms with E-state index in [1.807, 2.05) is 6.07 Å². The maximum atomic E-state index is 13.2. The van der Waals surface area contributed by atoms with Gasteiger partial charge in [-0.3, -0.25) is 4.79 Å². The number of hydrogen-bond acceptors (Lipinski definition) is 3. The number of alkyl halides is 1. The number of nitrogens with zero attached hydrogens (tertiary/aromatic N) is 2. The van der Waals surface area contributed by atoms with Gasteiger partial charge in [-0.05, 0) is 38.3 Å². The number of carbonyl (C=O) groups is 1. The third-order valence-electron chi connectivity index (χ3n) is 3.94. The van der Waals surface area contributed by atoms with Gasteiger partial charge in [-0.2, -0.15) is 5.26 Å². The van der Waals surface area contributed by atoms with Crippen LogP contribution in [-0.2, 0) is 4.79 Å². The van der Waals surface area contributed by atoms with Crippen molar-refractivity contribution in [2.45, 2.75) is 44.3 Å². The van der Waals surface area contributed by atoms with Crippen molar-refractivity contribution in [2.24, 2.45) is 5.92 Å². The third kappa shape index (κ3) is 3.20. The van der Waals surface area contributed by atoms with Gasteiger partial charge >= 0.3 is 0 Å². The first-order chi connectivity index (χ1) is 8.70. The first kappa shape index (κ1) is 13.3. The van der Waals surface area contributed by atoms with Gasteiger partial charge < -0.3 is 10.2 Å². The summed E-state index contributed by atoms with van der Waals surface area (Å²) in [4.78, 5) is 13.4. The molecule has 2 fully saturated rings. The first-order valence-electron chi connectivity index (χ1n) is 6.74. The van der Waals surface area contributed by atoms with Gasteiger partial charge in [0.05, 0.1) is 12.6 Å². The Morgan fingerprint density at radius 2 is 2.17 bits per heavy atom. The SMILES string of the molecule is N#CC1CC(F)CN1C(=O)CCC1CCNCC1. The molecule has 0 bridgehead atoms. The Morgan fingerprint density at radius 1 is 1.44 bits per heavy atom. The molecule has 2 rings (SSSR count). The summed E-state index contributed by atoms with van der Waals surface area (Å²) in [5.41, 5.74) is 0. The minimum Gasteiger partial charge on any atom is -0.324 e. The number of likely N-dealkylation sites (tertiary alicyclic amines) is 1. The van der Waals surface area contributed by atoms with Crippen LogP contribution in [0.5, 0.6) is 0 Å². The van der Waals surface area contributed by atoms with E-state index in [4.69, 9.17) is 5.26 Å². The van der Waals surface area contributed by atoms with Crippen molar-refractivity contribution in [3.05, 3.63) is 0 Å². The minimum absolute atomic E-state index is 0.0553. The molecule has 2 unspecified atom stereocenters. The van der Waals surface area contributed by atoms with Crippen LogP contribution in [0, 0.1) is 17.2 Å². The predicted octanol–water partition coefficient (Wildman–Crippen LogP) is 1.23. The standard InChI is InChI=1S/C13H20FN3O/c14-11-7-12(8-15)17(9-11)13(18)2-1-10-3-5-16-6-4-10/h10-12,16H,1-7,9H2. The lowest BCUT2D eigenvalue weighted by atomic mass is 9.93. The molecule has 2 atom stereocenters. The second-order valence-corrected chi connectivity index (χ2v) is 5.26. The van der Waals surface area contributed by atoms with E-state index in [0.717, 1.165) is 32.4 Å². The number of piperidine rings is 1. The van der Waals surface area contributed by atoms with Crippen LogP contribution in [0.2, 0.25) is 0 Å². The van der Waals surface area contributed by atoms with E-state index in [1.54, 1.807) is 0 Å². The molecule has 2 aliphatic heterocycles. The Labute approximate surface area is 107 Å². The monoisotopic (exact) mass is 253 g/mol. The highest BCUT2D eigenvalue weighted by Gasteiger charge is 2.35. The molecule has 18 heavy (non-hydrogen) atoms. The average Bonchev–Trinajstić information content (AvgIpc) is 2.78. The van der Waals surface area contributed by atoms with Crippen LogP contribution in [0.3, 0.4) is 0 Å². The summed E-state index contributed by atoms with van der Waals surface area (Å²) >= 11 is 0. The van der Waals surface area contributed by atoms with E-state index in [9.17, 15) is 9.18 Å². The number of nitriles is 1. The van der Waals surface area contributed by atoms with Crippen molar-refractivity contribution in [1.29, 1.82) is 5.26 Å². The highest BCUT2D eigenvalue weighted by molar-refractivity contribution is 5.77. The van der Waals surface area contributed by atoms with E-state index < -0.39 is 12.2 Å². The summed E-state index contributed by atoms with van der Waals surface area (Å²) in [7, 11) is 0. The molecule has 1 amide bonds. The highest BCUT2D eigenvalue weighted by Crippen LogP contribution is 2.23. The maximum Gasteiger partial charge on any atom is 0.223 e. The molecule has 5 heteroatoms. The molecule has 0 aromatic rings. The molecule has 0 aliphatic carbocycles. The van der Waals surface area contributed by atoms with Gasteiger partial charge in [0.1, 0.15) is 12.2 Å².